The molecule has 0 atom stereocenters. The van der Waals surface area contributed by atoms with E-state index in [1.165, 1.54) is 65.8 Å². The van der Waals surface area contributed by atoms with E-state index in [1.54, 1.807) is 6.07 Å². The number of halogens is 1. The van der Waals surface area contributed by atoms with Crippen LogP contribution in [0.2, 0.25) is 0 Å². The molecule has 0 fully saturated rings. The van der Waals surface area contributed by atoms with Crippen molar-refractivity contribution in [2.75, 3.05) is 0 Å². The van der Waals surface area contributed by atoms with Gasteiger partial charge in [0, 0.05) is 0 Å². The van der Waals surface area contributed by atoms with Crippen molar-refractivity contribution >= 4 is 133 Å². The van der Waals surface area contributed by atoms with Crippen molar-refractivity contribution in [1.29, 1.82) is 0 Å². The van der Waals surface area contributed by atoms with Crippen LogP contribution in [0.3, 0.4) is 0 Å². The summed E-state index contributed by atoms with van der Waals surface area (Å²) in [6.45, 7) is 1.91. The van der Waals surface area contributed by atoms with E-state index in [-0.39, 0.29) is 5.82 Å². The van der Waals surface area contributed by atoms with Gasteiger partial charge in [-0.15, -0.1) is 32.8 Å². The molecule has 0 saturated heterocycles. The molecule has 0 amide bonds. The minimum Gasteiger partial charge on any atom is -0.207 e. The molecule has 11 heteroatoms. The zero-order valence-corrected chi connectivity index (χ0v) is 20.5. The van der Waals surface area contributed by atoms with E-state index in [1.807, 2.05) is 6.92 Å². The molecular formula is C19H25B10F. The molecule has 138 valence electrons. The largest absolute Gasteiger partial charge is 0.207 e. The molecule has 30 heavy (non-hydrogen) atoms. The highest BCUT2D eigenvalue weighted by Crippen LogP contribution is 2.28. The topological polar surface area (TPSA) is 0 Å². The van der Waals surface area contributed by atoms with Gasteiger partial charge in [0.05, 0.1) is 0 Å². The Labute approximate surface area is 190 Å². The molecule has 0 aromatic heterocycles. The van der Waals surface area contributed by atoms with Crippen LogP contribution in [0.25, 0.3) is 22.3 Å². The lowest BCUT2D eigenvalue weighted by Gasteiger charge is -2.24. The highest BCUT2D eigenvalue weighted by atomic mass is 19.1. The summed E-state index contributed by atoms with van der Waals surface area (Å²) in [5.41, 5.74) is 17.9. The van der Waals surface area contributed by atoms with Crippen LogP contribution in [0, 0.1) is 12.7 Å². The first-order chi connectivity index (χ1) is 13.9. The van der Waals surface area contributed by atoms with Crippen molar-refractivity contribution in [2.45, 2.75) is 6.92 Å². The molecule has 0 radical (unpaired) electrons. The maximum Gasteiger partial charge on any atom is 0.139 e. The van der Waals surface area contributed by atoms with Crippen LogP contribution >= 0.6 is 0 Å². The van der Waals surface area contributed by atoms with Crippen LogP contribution < -0.4 is 54.6 Å². The van der Waals surface area contributed by atoms with Gasteiger partial charge in [-0.2, -0.15) is 0 Å². The molecule has 0 bridgehead atoms. The van der Waals surface area contributed by atoms with E-state index < -0.39 is 0 Å². The molecule has 3 rings (SSSR count). The smallest absolute Gasteiger partial charge is 0.139 e. The third-order valence-corrected chi connectivity index (χ3v) is 7.90. The molecule has 0 aliphatic heterocycles. The molecule has 0 nitrogen and oxygen atoms in total. The van der Waals surface area contributed by atoms with Crippen molar-refractivity contribution in [3.8, 4) is 22.3 Å². The van der Waals surface area contributed by atoms with Crippen LogP contribution in [0.1, 0.15) is 5.56 Å². The molecule has 0 N–H and O–H groups in total. The number of rotatable bonds is 2. The van der Waals surface area contributed by atoms with Gasteiger partial charge in [0.1, 0.15) is 84.3 Å². The van der Waals surface area contributed by atoms with E-state index in [9.17, 15) is 0 Å². The van der Waals surface area contributed by atoms with Crippen LogP contribution in [-0.2, 0) is 0 Å². The molecule has 0 heterocycles. The quantitative estimate of drug-likeness (QED) is 0.388. The van der Waals surface area contributed by atoms with Crippen LogP contribution in [0.15, 0.2) is 12.1 Å². The van der Waals surface area contributed by atoms with Gasteiger partial charge in [0.2, 0.25) is 0 Å². The fourth-order valence-electron chi connectivity index (χ4n) is 4.92. The van der Waals surface area contributed by atoms with Crippen LogP contribution in [-0.4, -0.2) is 78.5 Å². The van der Waals surface area contributed by atoms with Gasteiger partial charge in [-0.3, -0.25) is 0 Å². The van der Waals surface area contributed by atoms with Gasteiger partial charge < -0.3 is 0 Å². The minimum absolute atomic E-state index is 0.133. The van der Waals surface area contributed by atoms with Gasteiger partial charge in [-0.1, -0.05) is 21.9 Å². The summed E-state index contributed by atoms with van der Waals surface area (Å²) in [7, 11) is 21.7. The molecule has 3 aromatic carbocycles. The summed E-state index contributed by atoms with van der Waals surface area (Å²) >= 11 is 0. The van der Waals surface area contributed by atoms with E-state index in [2.05, 4.69) is 84.5 Å². The molecular weight excluding hydrogens is 355 g/mol. The zero-order chi connectivity index (χ0) is 22.7. The van der Waals surface area contributed by atoms with Gasteiger partial charge in [-0.05, 0) is 46.9 Å². The van der Waals surface area contributed by atoms with Crippen molar-refractivity contribution in [3.05, 3.63) is 23.5 Å². The van der Waals surface area contributed by atoms with E-state index >= 15 is 4.39 Å². The Hall–Kier alpha value is -1.76. The number of hydrogen-bond acceptors (Lipinski definition) is 0. The second-order valence-corrected chi connectivity index (χ2v) is 9.13. The van der Waals surface area contributed by atoms with Gasteiger partial charge >= 0.3 is 0 Å². The summed E-state index contributed by atoms with van der Waals surface area (Å²) in [5, 5.41) is 0. The zero-order valence-electron chi connectivity index (χ0n) is 20.5. The maximum atomic E-state index is 15.3. The Morgan fingerprint density at radius 1 is 0.500 bits per heavy atom. The van der Waals surface area contributed by atoms with Gasteiger partial charge in [0.25, 0.3) is 0 Å². The lowest BCUT2D eigenvalue weighted by molar-refractivity contribution is 0.620. The summed E-state index contributed by atoms with van der Waals surface area (Å²) in [5.74, 6) is -0.133. The monoisotopic (exact) mass is 382 g/mol. The molecule has 0 spiro atoms. The minimum atomic E-state index is -0.133. The highest BCUT2D eigenvalue weighted by Gasteiger charge is 2.19. The number of hydrogen-bond donors (Lipinski definition) is 0. The Morgan fingerprint density at radius 3 is 1.23 bits per heavy atom. The Morgan fingerprint density at radius 2 is 0.833 bits per heavy atom. The van der Waals surface area contributed by atoms with E-state index in [0.29, 0.717) is 0 Å². The lowest BCUT2D eigenvalue weighted by atomic mass is 9.59. The summed E-state index contributed by atoms with van der Waals surface area (Å²) in [4.78, 5) is 0. The predicted octanol–water partition coefficient (Wildman–Crippen LogP) is -11.9. The maximum absolute atomic E-state index is 15.3. The Kier molecular flexibility index (Phi) is 6.16. The van der Waals surface area contributed by atoms with Crippen molar-refractivity contribution < 1.29 is 4.39 Å². The fourth-order valence-corrected chi connectivity index (χ4v) is 4.92. The first-order valence-corrected chi connectivity index (χ1v) is 10.8. The summed E-state index contributed by atoms with van der Waals surface area (Å²) in [6, 6.07) is 3.94. The average Bonchev–Trinajstić information content (AvgIpc) is 2.71. The second kappa shape index (κ2) is 8.06. The first-order valence-electron chi connectivity index (χ1n) is 10.8. The van der Waals surface area contributed by atoms with Crippen LogP contribution in [0.4, 0.5) is 4.39 Å². The van der Waals surface area contributed by atoms with Crippen molar-refractivity contribution in [1.82, 2.24) is 0 Å². The standard InChI is InChI=1S/C19H25B10F/c1-4-6(9-12(22)16(26)19(29)17(27)13(9)23)2-5(3-7(4)30)8-10(20)14(24)18(28)15(25)11(8)21/h2-3H,20-29H2,1H3. The number of benzene rings is 3. The van der Waals surface area contributed by atoms with E-state index in [0.717, 1.165) is 16.7 Å². The average molecular weight is 381 g/mol. The summed E-state index contributed by atoms with van der Waals surface area (Å²) in [6.07, 6.45) is 0. The second-order valence-electron chi connectivity index (χ2n) is 9.13. The fraction of sp³-hybridized carbons (Fsp3) is 0.0526. The summed E-state index contributed by atoms with van der Waals surface area (Å²) < 4.78 is 15.3. The lowest BCUT2D eigenvalue weighted by Crippen LogP contribution is -2.55. The Bertz CT molecular complexity index is 1160. The first kappa shape index (κ1) is 22.9. The van der Waals surface area contributed by atoms with E-state index in [4.69, 9.17) is 0 Å². The molecule has 0 aliphatic rings. The molecule has 3 aromatic rings. The third-order valence-electron chi connectivity index (χ3n) is 7.90. The highest BCUT2D eigenvalue weighted by molar-refractivity contribution is 6.70. The molecule has 0 unspecified atom stereocenters. The molecule has 0 saturated carbocycles. The van der Waals surface area contributed by atoms with Crippen molar-refractivity contribution in [3.63, 3.8) is 0 Å². The predicted molar refractivity (Wildman–Crippen MR) is 164 cm³/mol. The third kappa shape index (κ3) is 3.39. The van der Waals surface area contributed by atoms with Crippen LogP contribution in [0.5, 0.6) is 0 Å². The normalized spacial score (nSPS) is 11.0. The van der Waals surface area contributed by atoms with Crippen molar-refractivity contribution in [2.24, 2.45) is 0 Å². The van der Waals surface area contributed by atoms with Gasteiger partial charge in [0.15, 0.2) is 0 Å². The SMILES string of the molecule is Bc1c(B)c(B)c(-c2cc(F)c(C)c(-c3c(B)c(B)c(B)c(B)c3B)c2)c(B)c1B. The molecule has 0 aliphatic carbocycles. The Balaban J connectivity index is 2.44. The van der Waals surface area contributed by atoms with Gasteiger partial charge in [-0.25, -0.2) is 4.39 Å².